The smallest absolute Gasteiger partial charge is 0.306 e. The predicted octanol–water partition coefficient (Wildman–Crippen LogP) is 14.2. The molecule has 3 N–H and O–H groups in total. The van der Waals surface area contributed by atoms with Gasteiger partial charge in [0.25, 0.3) is 0 Å². The minimum absolute atomic E-state index is 0.0810. The van der Waals surface area contributed by atoms with Crippen LogP contribution >= 0.6 is 0 Å². The molecule has 0 aliphatic heterocycles. The number of esters is 1. The van der Waals surface area contributed by atoms with Gasteiger partial charge in [-0.25, -0.2) is 0 Å². The molecule has 6 nitrogen and oxygen atoms in total. The topological polar surface area (TPSA) is 95.9 Å². The van der Waals surface area contributed by atoms with Gasteiger partial charge in [0.15, 0.2) is 0 Å². The molecule has 0 aliphatic carbocycles. The van der Waals surface area contributed by atoms with Crippen molar-refractivity contribution in [3.05, 3.63) is 12.2 Å². The number of unbranched alkanes of at least 4 members (excludes halogenated alkanes) is 30. The quantitative estimate of drug-likeness (QED) is 0.0325. The van der Waals surface area contributed by atoms with Crippen molar-refractivity contribution in [2.75, 3.05) is 6.61 Å². The number of carbonyl (C=O) groups excluding carboxylic acids is 2. The highest BCUT2D eigenvalue weighted by molar-refractivity contribution is 5.77. The van der Waals surface area contributed by atoms with Crippen LogP contribution in [0.5, 0.6) is 0 Å². The van der Waals surface area contributed by atoms with Crippen molar-refractivity contribution in [2.45, 2.75) is 283 Å². The summed E-state index contributed by atoms with van der Waals surface area (Å²) in [6, 6.07) is -0.693. The first-order valence-corrected chi connectivity index (χ1v) is 24.4. The largest absolute Gasteiger partial charge is 0.462 e. The Labute approximate surface area is 342 Å². The van der Waals surface area contributed by atoms with E-state index in [4.69, 9.17) is 4.74 Å². The van der Waals surface area contributed by atoms with E-state index in [1.54, 1.807) is 0 Å². The summed E-state index contributed by atoms with van der Waals surface area (Å²) >= 11 is 0. The highest BCUT2D eigenvalue weighted by Gasteiger charge is 2.24. The van der Waals surface area contributed by atoms with Gasteiger partial charge in [0.1, 0.15) is 6.10 Å². The average molecular weight is 778 g/mol. The van der Waals surface area contributed by atoms with Crippen LogP contribution in [0.3, 0.4) is 0 Å². The van der Waals surface area contributed by atoms with Gasteiger partial charge in [-0.2, -0.15) is 0 Å². The van der Waals surface area contributed by atoms with Gasteiger partial charge >= 0.3 is 5.97 Å². The Morgan fingerprint density at radius 3 is 1.31 bits per heavy atom. The first-order valence-electron chi connectivity index (χ1n) is 24.4. The summed E-state index contributed by atoms with van der Waals surface area (Å²) in [5.41, 5.74) is 0. The van der Waals surface area contributed by atoms with Crippen LogP contribution in [0.1, 0.15) is 265 Å². The first-order chi connectivity index (χ1) is 27.0. The van der Waals surface area contributed by atoms with E-state index in [0.717, 1.165) is 44.9 Å². The number of aliphatic hydroxyl groups excluding tert-OH is 2. The molecular weight excluding hydrogens is 683 g/mol. The van der Waals surface area contributed by atoms with Crippen molar-refractivity contribution in [3.63, 3.8) is 0 Å². The van der Waals surface area contributed by atoms with Gasteiger partial charge in [-0.15, -0.1) is 0 Å². The third kappa shape index (κ3) is 39.2. The van der Waals surface area contributed by atoms with Gasteiger partial charge in [-0.05, 0) is 51.4 Å². The lowest BCUT2D eigenvalue weighted by Crippen LogP contribution is -2.46. The zero-order valence-corrected chi connectivity index (χ0v) is 37.1. The maximum Gasteiger partial charge on any atom is 0.306 e. The normalized spacial score (nSPS) is 13.3. The van der Waals surface area contributed by atoms with Crippen LogP contribution in [0, 0.1) is 0 Å². The fourth-order valence-electron chi connectivity index (χ4n) is 7.60. The second-order valence-electron chi connectivity index (χ2n) is 16.9. The molecule has 0 fully saturated rings. The molecule has 0 aromatic carbocycles. The maximum absolute atomic E-state index is 13.1. The van der Waals surface area contributed by atoms with Crippen molar-refractivity contribution >= 4 is 11.9 Å². The average Bonchev–Trinajstić information content (AvgIpc) is 3.18. The number of amides is 1. The highest BCUT2D eigenvalue weighted by Crippen LogP contribution is 2.18. The maximum atomic E-state index is 13.1. The van der Waals surface area contributed by atoms with E-state index in [9.17, 15) is 19.8 Å². The molecule has 0 heterocycles. The second-order valence-corrected chi connectivity index (χ2v) is 16.9. The lowest BCUT2D eigenvalue weighted by Gasteiger charge is -2.24. The highest BCUT2D eigenvalue weighted by atomic mass is 16.5. The molecule has 0 saturated heterocycles. The van der Waals surface area contributed by atoms with E-state index in [1.165, 1.54) is 173 Å². The fourth-order valence-corrected chi connectivity index (χ4v) is 7.60. The molecule has 326 valence electrons. The van der Waals surface area contributed by atoms with Crippen LogP contribution in [-0.4, -0.2) is 46.9 Å². The van der Waals surface area contributed by atoms with Gasteiger partial charge in [0.2, 0.25) is 5.91 Å². The van der Waals surface area contributed by atoms with E-state index >= 15 is 0 Å². The van der Waals surface area contributed by atoms with Gasteiger partial charge in [0, 0.05) is 6.42 Å². The zero-order valence-electron chi connectivity index (χ0n) is 37.1. The third-order valence-electron chi connectivity index (χ3n) is 11.3. The number of carbonyl (C=O) groups is 2. The van der Waals surface area contributed by atoms with Crippen LogP contribution < -0.4 is 5.32 Å². The molecule has 3 atom stereocenters. The van der Waals surface area contributed by atoms with Crippen LogP contribution in [0.4, 0.5) is 0 Å². The van der Waals surface area contributed by atoms with Crippen molar-refractivity contribution in [1.82, 2.24) is 5.32 Å². The lowest BCUT2D eigenvalue weighted by molar-refractivity contribution is -0.151. The van der Waals surface area contributed by atoms with E-state index in [-0.39, 0.29) is 24.9 Å². The van der Waals surface area contributed by atoms with E-state index in [1.807, 2.05) is 0 Å². The molecule has 3 unspecified atom stereocenters. The van der Waals surface area contributed by atoms with E-state index in [2.05, 4.69) is 38.2 Å². The number of ether oxygens (including phenoxy) is 1. The van der Waals surface area contributed by atoms with E-state index in [0.29, 0.717) is 19.3 Å². The molecule has 0 spiro atoms. The molecule has 1 amide bonds. The van der Waals surface area contributed by atoms with Crippen LogP contribution in [0.25, 0.3) is 0 Å². The molecule has 0 radical (unpaired) electrons. The summed E-state index contributed by atoms with van der Waals surface area (Å²) in [4.78, 5) is 25.9. The van der Waals surface area contributed by atoms with Gasteiger partial charge in [-0.1, -0.05) is 213 Å². The van der Waals surface area contributed by atoms with E-state index < -0.39 is 18.2 Å². The number of aliphatic hydroxyl groups is 2. The molecule has 0 aromatic heterocycles. The summed E-state index contributed by atoms with van der Waals surface area (Å²) in [6.07, 6.45) is 47.1. The Hall–Kier alpha value is -1.40. The molecule has 0 aromatic rings. The molecule has 0 aliphatic rings. The van der Waals surface area contributed by atoms with Crippen LogP contribution in [-0.2, 0) is 14.3 Å². The monoisotopic (exact) mass is 778 g/mol. The summed E-state index contributed by atoms with van der Waals surface area (Å²) < 4.78 is 5.89. The number of hydrogen-bond donors (Lipinski definition) is 3. The summed E-state index contributed by atoms with van der Waals surface area (Å²) in [6.45, 7) is 6.45. The summed E-state index contributed by atoms with van der Waals surface area (Å²) in [5, 5.41) is 23.7. The van der Waals surface area contributed by atoms with Crippen molar-refractivity contribution in [3.8, 4) is 0 Å². The summed E-state index contributed by atoms with van der Waals surface area (Å²) in [7, 11) is 0. The number of hydrogen-bond acceptors (Lipinski definition) is 5. The third-order valence-corrected chi connectivity index (χ3v) is 11.3. The van der Waals surface area contributed by atoms with Crippen LogP contribution in [0.15, 0.2) is 12.2 Å². The van der Waals surface area contributed by atoms with Crippen molar-refractivity contribution < 1.29 is 24.5 Å². The van der Waals surface area contributed by atoms with Crippen LogP contribution in [0.2, 0.25) is 0 Å². The van der Waals surface area contributed by atoms with Gasteiger partial charge < -0.3 is 20.3 Å². The number of nitrogens with one attached hydrogen (secondary N) is 1. The van der Waals surface area contributed by atoms with Gasteiger partial charge in [-0.3, -0.25) is 9.59 Å². The Kier molecular flexibility index (Phi) is 42.6. The molecule has 0 bridgehead atoms. The Balaban J connectivity index is 4.37. The lowest BCUT2D eigenvalue weighted by atomic mass is 10.0. The Bertz CT molecular complexity index is 832. The summed E-state index contributed by atoms with van der Waals surface area (Å²) in [5.74, 6) is -0.471. The number of rotatable bonds is 44. The zero-order chi connectivity index (χ0) is 40.3. The Morgan fingerprint density at radius 1 is 0.509 bits per heavy atom. The molecule has 0 saturated carbocycles. The fraction of sp³-hybridized carbons (Fsp3) is 0.918. The molecule has 55 heavy (non-hydrogen) atoms. The standard InChI is InChI=1S/C49H95NO5/c1-4-7-10-13-16-18-20-22-24-26-28-30-33-36-39-42-49(54)55-45(40-37-34-31-15-12-9-6-3)43-48(53)50-46(44-51)47(52)41-38-35-32-29-27-25-23-21-19-17-14-11-8-5-2/h18,20,45-47,51-52H,4-17,19,21-44H2,1-3H3,(H,50,53)/b20-18-. The van der Waals surface area contributed by atoms with Crippen molar-refractivity contribution in [1.29, 1.82) is 0 Å². The van der Waals surface area contributed by atoms with Gasteiger partial charge in [0.05, 0.1) is 25.2 Å². The molecule has 6 heteroatoms. The minimum atomic E-state index is -0.780. The molecular formula is C49H95NO5. The minimum Gasteiger partial charge on any atom is -0.462 e. The SMILES string of the molecule is CCCCCC/C=C\CCCCCCCCCC(=O)OC(CCCCCCCCC)CC(=O)NC(CO)C(O)CCCCCCCCCCCCCCCC. The van der Waals surface area contributed by atoms with Crippen molar-refractivity contribution in [2.24, 2.45) is 0 Å². The number of allylic oxidation sites excluding steroid dienone is 2. The first kappa shape index (κ1) is 53.6. The second kappa shape index (κ2) is 43.7. The Morgan fingerprint density at radius 2 is 0.873 bits per heavy atom. The molecule has 0 rings (SSSR count). The predicted molar refractivity (Wildman–Crippen MR) is 237 cm³/mol.